The van der Waals surface area contributed by atoms with Crippen LogP contribution in [0.2, 0.25) is 0 Å². The number of hydrogen-bond acceptors (Lipinski definition) is 5. The number of anilines is 1. The lowest BCUT2D eigenvalue weighted by molar-refractivity contribution is -0.233. The Hall–Kier alpha value is -2.96. The fourth-order valence-electron chi connectivity index (χ4n) is 12.7. The van der Waals surface area contributed by atoms with Crippen molar-refractivity contribution >= 4 is 29.3 Å². The minimum atomic E-state index is -1.17. The second-order valence-electron chi connectivity index (χ2n) is 19.3. The molecular weight excluding hydrogens is 626 g/mol. The number of esters is 1. The normalized spacial score (nSPS) is 37.7. The number of Topliss-reactive ketones (excluding diaryl/α,β-unsaturated/α-hetero) is 1. The largest absolute Gasteiger partial charge is 0.481 e. The van der Waals surface area contributed by atoms with Gasteiger partial charge in [0.2, 0.25) is 5.91 Å². The van der Waals surface area contributed by atoms with E-state index in [9.17, 15) is 24.3 Å². The van der Waals surface area contributed by atoms with Gasteiger partial charge >= 0.3 is 11.9 Å². The molecule has 7 heteroatoms. The molecule has 4 saturated carbocycles. The van der Waals surface area contributed by atoms with Crippen molar-refractivity contribution in [3.05, 3.63) is 41.0 Å². The molecule has 3 unspecified atom stereocenters. The molecule has 2 N–H and O–H groups in total. The first kappa shape index (κ1) is 36.8. The predicted molar refractivity (Wildman–Crippen MR) is 195 cm³/mol. The standard InChI is InChI=1S/C43H61NO6/c1-25(2)34-29(45)23-43(36(47)44-28-14-12-11-13-26(28)3)22-21-41(9)27(35(34)43)15-16-31-40(8)19-18-32(50-33(46)24-38(4,5)37(48)49)39(6,7)30(40)17-20-42(31,41)10/h11-14,25,27,30-32H,15-24H2,1-10H3,(H,44,47)(H,48,49)/t27?,30?,31?,32-,40-,41+,42+,43+/m0/s1. The maximum absolute atomic E-state index is 14.5. The van der Waals surface area contributed by atoms with Crippen LogP contribution >= 0.6 is 0 Å². The van der Waals surface area contributed by atoms with E-state index in [1.165, 1.54) is 0 Å². The van der Waals surface area contributed by atoms with Crippen molar-refractivity contribution in [1.82, 2.24) is 0 Å². The minimum absolute atomic E-state index is 0.0165. The number of carbonyl (C=O) groups is 4. The molecule has 0 bridgehead atoms. The van der Waals surface area contributed by atoms with E-state index in [-0.39, 0.29) is 64.1 Å². The summed E-state index contributed by atoms with van der Waals surface area (Å²) < 4.78 is 6.15. The van der Waals surface area contributed by atoms with Gasteiger partial charge in [0.1, 0.15) is 6.10 Å². The van der Waals surface area contributed by atoms with Gasteiger partial charge in [-0.15, -0.1) is 0 Å². The number of para-hydroxylation sites is 1. The fourth-order valence-corrected chi connectivity index (χ4v) is 12.7. The Morgan fingerprint density at radius 2 is 1.60 bits per heavy atom. The second kappa shape index (κ2) is 12.0. The van der Waals surface area contributed by atoms with Gasteiger partial charge in [-0.25, -0.2) is 0 Å². The molecule has 0 aromatic heterocycles. The monoisotopic (exact) mass is 687 g/mol. The third-order valence-corrected chi connectivity index (χ3v) is 15.6. The number of benzene rings is 1. The molecule has 50 heavy (non-hydrogen) atoms. The van der Waals surface area contributed by atoms with E-state index in [1.54, 1.807) is 13.8 Å². The molecule has 0 saturated heterocycles. The van der Waals surface area contributed by atoms with Gasteiger partial charge in [0.25, 0.3) is 0 Å². The molecule has 8 atom stereocenters. The van der Waals surface area contributed by atoms with Crippen molar-refractivity contribution < 1.29 is 29.0 Å². The average Bonchev–Trinajstić information content (AvgIpc) is 3.33. The average molecular weight is 688 g/mol. The van der Waals surface area contributed by atoms with Crippen LogP contribution in [0.3, 0.4) is 0 Å². The highest BCUT2D eigenvalue weighted by atomic mass is 16.5. The molecule has 7 nitrogen and oxygen atoms in total. The Morgan fingerprint density at radius 3 is 2.24 bits per heavy atom. The van der Waals surface area contributed by atoms with Crippen LogP contribution in [0.25, 0.3) is 0 Å². The SMILES string of the molecule is Cc1ccccc1NC(=O)[C@@]12CC[C@]3(C)C(CCC4[C@@]5(C)CC[C@H](OC(=O)CC(C)(C)C(=O)O)C(C)(C)C5CC[C@]43C)C1=C(C(C)C)C(=O)C2. The predicted octanol–water partition coefficient (Wildman–Crippen LogP) is 9.33. The first-order valence-corrected chi connectivity index (χ1v) is 19.2. The molecule has 0 radical (unpaired) electrons. The number of aliphatic carboxylic acids is 1. The number of rotatable bonds is 7. The molecule has 6 rings (SSSR count). The molecule has 1 aromatic rings. The molecule has 0 heterocycles. The van der Waals surface area contributed by atoms with Gasteiger partial charge in [-0.2, -0.15) is 0 Å². The van der Waals surface area contributed by atoms with Crippen LogP contribution in [0.1, 0.15) is 132 Å². The number of allylic oxidation sites excluding steroid dienone is 1. The zero-order valence-electron chi connectivity index (χ0n) is 32.3. The molecule has 1 aromatic carbocycles. The van der Waals surface area contributed by atoms with E-state index < -0.39 is 22.8 Å². The highest BCUT2D eigenvalue weighted by Gasteiger charge is 2.71. The van der Waals surface area contributed by atoms with Crippen LogP contribution in [0, 0.1) is 63.1 Å². The topological polar surface area (TPSA) is 110 Å². The molecule has 0 spiro atoms. The van der Waals surface area contributed by atoms with Crippen LogP contribution in [-0.2, 0) is 23.9 Å². The lowest BCUT2D eigenvalue weighted by Crippen LogP contribution is -2.66. The summed E-state index contributed by atoms with van der Waals surface area (Å²) in [6.07, 6.45) is 7.33. The van der Waals surface area contributed by atoms with Crippen molar-refractivity contribution in [3.63, 3.8) is 0 Å². The number of carboxylic acid groups (broad SMARTS) is 1. The summed E-state index contributed by atoms with van der Waals surface area (Å²) in [6.45, 7) is 21.5. The van der Waals surface area contributed by atoms with Crippen LogP contribution in [0.4, 0.5) is 5.69 Å². The summed E-state index contributed by atoms with van der Waals surface area (Å²) in [5.41, 5.74) is 1.69. The Morgan fingerprint density at radius 1 is 0.920 bits per heavy atom. The smallest absolute Gasteiger partial charge is 0.309 e. The van der Waals surface area contributed by atoms with Gasteiger partial charge in [-0.05, 0) is 135 Å². The number of ketones is 1. The number of aryl methyl sites for hydroxylation is 1. The maximum atomic E-state index is 14.5. The number of ether oxygens (including phenoxy) is 1. The van der Waals surface area contributed by atoms with Crippen LogP contribution in [0.15, 0.2) is 35.4 Å². The number of fused-ring (bicyclic) bond motifs is 7. The molecular formula is C43H61NO6. The minimum Gasteiger partial charge on any atom is -0.481 e. The second-order valence-corrected chi connectivity index (χ2v) is 19.3. The maximum Gasteiger partial charge on any atom is 0.309 e. The third-order valence-electron chi connectivity index (χ3n) is 15.6. The Balaban J connectivity index is 1.31. The molecule has 0 aliphatic heterocycles. The summed E-state index contributed by atoms with van der Waals surface area (Å²) >= 11 is 0. The molecule has 1 amide bonds. The zero-order valence-corrected chi connectivity index (χ0v) is 32.3. The molecule has 5 aliphatic rings. The third kappa shape index (κ3) is 5.25. The molecule has 274 valence electrons. The van der Waals surface area contributed by atoms with E-state index in [1.807, 2.05) is 31.2 Å². The van der Waals surface area contributed by atoms with E-state index >= 15 is 0 Å². The highest BCUT2D eigenvalue weighted by molar-refractivity contribution is 6.10. The lowest BCUT2D eigenvalue weighted by Gasteiger charge is -2.72. The van der Waals surface area contributed by atoms with E-state index in [2.05, 4.69) is 53.8 Å². The van der Waals surface area contributed by atoms with Crippen LogP contribution < -0.4 is 5.32 Å². The number of nitrogens with one attached hydrogen (secondary N) is 1. The van der Waals surface area contributed by atoms with Crippen LogP contribution in [0.5, 0.6) is 0 Å². The van der Waals surface area contributed by atoms with Crippen molar-refractivity contribution in [3.8, 4) is 0 Å². The zero-order chi connectivity index (χ0) is 36.8. The summed E-state index contributed by atoms with van der Waals surface area (Å²) in [6, 6.07) is 7.90. The van der Waals surface area contributed by atoms with Crippen molar-refractivity contribution in [1.29, 1.82) is 0 Å². The van der Waals surface area contributed by atoms with Gasteiger partial charge in [0.05, 0.1) is 17.3 Å². The summed E-state index contributed by atoms with van der Waals surface area (Å²) in [7, 11) is 0. The Bertz CT molecular complexity index is 1640. The highest BCUT2D eigenvalue weighted by Crippen LogP contribution is 2.76. The van der Waals surface area contributed by atoms with Crippen molar-refractivity contribution in [2.45, 2.75) is 140 Å². The number of carbonyl (C=O) groups excluding carboxylic acids is 3. The quantitative estimate of drug-likeness (QED) is 0.277. The lowest BCUT2D eigenvalue weighted by atomic mass is 9.33. The van der Waals surface area contributed by atoms with Gasteiger partial charge in [0.15, 0.2) is 5.78 Å². The van der Waals surface area contributed by atoms with Crippen LogP contribution in [-0.4, -0.2) is 34.8 Å². The van der Waals surface area contributed by atoms with E-state index in [4.69, 9.17) is 4.74 Å². The number of amides is 1. The van der Waals surface area contributed by atoms with E-state index in [0.29, 0.717) is 18.3 Å². The van der Waals surface area contributed by atoms with E-state index in [0.717, 1.165) is 67.3 Å². The summed E-state index contributed by atoms with van der Waals surface area (Å²) in [5.74, 6) is -0.228. The van der Waals surface area contributed by atoms with Crippen molar-refractivity contribution in [2.24, 2.45) is 56.2 Å². The molecule has 4 fully saturated rings. The number of hydrogen-bond donors (Lipinski definition) is 2. The number of carboxylic acids is 1. The Kier molecular flexibility index (Phi) is 8.87. The van der Waals surface area contributed by atoms with Gasteiger partial charge in [-0.3, -0.25) is 19.2 Å². The van der Waals surface area contributed by atoms with Gasteiger partial charge in [0, 0.05) is 17.5 Å². The van der Waals surface area contributed by atoms with Gasteiger partial charge in [-0.1, -0.05) is 66.7 Å². The Labute approximate surface area is 299 Å². The summed E-state index contributed by atoms with van der Waals surface area (Å²) in [4.78, 5) is 53.3. The first-order valence-electron chi connectivity index (χ1n) is 19.2. The first-order chi connectivity index (χ1) is 23.2. The summed E-state index contributed by atoms with van der Waals surface area (Å²) in [5, 5.41) is 12.9. The van der Waals surface area contributed by atoms with Gasteiger partial charge < -0.3 is 15.2 Å². The van der Waals surface area contributed by atoms with Crippen molar-refractivity contribution in [2.75, 3.05) is 5.32 Å². The molecule has 5 aliphatic carbocycles. The fraction of sp³-hybridized carbons (Fsp3) is 0.721.